The molecule has 0 aromatic heterocycles. The van der Waals surface area contributed by atoms with E-state index < -0.39 is 0 Å². The maximum absolute atomic E-state index is 3.91. The van der Waals surface area contributed by atoms with Crippen molar-refractivity contribution in [3.63, 3.8) is 0 Å². The average molecular weight is 250 g/mol. The minimum Gasteiger partial charge on any atom is -0.0988 e. The maximum Gasteiger partial charge on any atom is -0.0129 e. The molecule has 0 bridgehead atoms. The van der Waals surface area contributed by atoms with Crippen LogP contribution in [0.15, 0.2) is 35.5 Å². The lowest BCUT2D eigenvalue weighted by atomic mass is 9.82. The zero-order chi connectivity index (χ0) is 14.9. The van der Waals surface area contributed by atoms with Gasteiger partial charge in [-0.25, -0.2) is 0 Å². The number of hydrogen-bond donors (Lipinski definition) is 0. The lowest BCUT2D eigenvalue weighted by Crippen LogP contribution is -2.09. The van der Waals surface area contributed by atoms with Crippen LogP contribution in [0.2, 0.25) is 0 Å². The van der Waals surface area contributed by atoms with E-state index in [1.807, 2.05) is 6.08 Å². The highest BCUT2D eigenvalue weighted by molar-refractivity contribution is 5.39. The fourth-order valence-corrected chi connectivity index (χ4v) is 1.69. The van der Waals surface area contributed by atoms with Gasteiger partial charge in [-0.15, -0.1) is 0 Å². The molecule has 0 nitrogen and oxygen atoms in total. The zero-order valence-electron chi connectivity index (χ0n) is 14.1. The first kappa shape index (κ1) is 19.6. The Balaban J connectivity index is 0. The quantitative estimate of drug-likeness (QED) is 0.498. The van der Waals surface area contributed by atoms with Crippen LogP contribution in [-0.4, -0.2) is 0 Å². The molecule has 0 aliphatic heterocycles. The van der Waals surface area contributed by atoms with E-state index in [2.05, 4.69) is 75.0 Å². The summed E-state index contributed by atoms with van der Waals surface area (Å²) in [5, 5.41) is 0. The van der Waals surface area contributed by atoms with E-state index in [4.69, 9.17) is 0 Å². The fourth-order valence-electron chi connectivity index (χ4n) is 1.69. The molecule has 106 valence electrons. The van der Waals surface area contributed by atoms with Gasteiger partial charge in [0.25, 0.3) is 0 Å². The highest BCUT2D eigenvalue weighted by Crippen LogP contribution is 2.31. The third kappa shape index (κ3) is 9.27. The lowest BCUT2D eigenvalue weighted by molar-refractivity contribution is 0.513. The summed E-state index contributed by atoms with van der Waals surface area (Å²) in [6.07, 6.45) is 5.35. The van der Waals surface area contributed by atoms with E-state index in [0.717, 1.165) is 12.3 Å². The molecule has 0 aromatic carbocycles. The van der Waals surface area contributed by atoms with E-state index >= 15 is 0 Å². The Kier molecular flexibility index (Phi) is 9.99. The van der Waals surface area contributed by atoms with Crippen LogP contribution < -0.4 is 0 Å². The molecule has 0 aromatic rings. The van der Waals surface area contributed by atoms with Gasteiger partial charge >= 0.3 is 0 Å². The molecule has 0 fully saturated rings. The highest BCUT2D eigenvalue weighted by Gasteiger charge is 2.16. The van der Waals surface area contributed by atoms with Gasteiger partial charge in [0.2, 0.25) is 0 Å². The molecule has 0 saturated heterocycles. The van der Waals surface area contributed by atoms with Crippen molar-refractivity contribution in [2.45, 2.75) is 68.7 Å². The summed E-state index contributed by atoms with van der Waals surface area (Å²) in [4.78, 5) is 0. The van der Waals surface area contributed by atoms with E-state index in [1.54, 1.807) is 0 Å². The van der Waals surface area contributed by atoms with Gasteiger partial charge in [0.15, 0.2) is 0 Å². The van der Waals surface area contributed by atoms with Crippen molar-refractivity contribution >= 4 is 0 Å². The van der Waals surface area contributed by atoms with Gasteiger partial charge in [-0.3, -0.25) is 0 Å². The summed E-state index contributed by atoms with van der Waals surface area (Å²) in [5.74, 6) is 0.833. The molecular formula is C18H34. The third-order valence-electron chi connectivity index (χ3n) is 2.52. The minimum absolute atomic E-state index is 0.189. The van der Waals surface area contributed by atoms with Crippen molar-refractivity contribution in [1.29, 1.82) is 0 Å². The van der Waals surface area contributed by atoms with Crippen molar-refractivity contribution in [1.82, 2.24) is 0 Å². The molecule has 0 aliphatic carbocycles. The van der Waals surface area contributed by atoms with E-state index in [-0.39, 0.29) is 5.41 Å². The molecule has 0 heterocycles. The molecule has 0 heteroatoms. The normalized spacial score (nSPS) is 13.8. The summed E-state index contributed by atoms with van der Waals surface area (Å²) in [6, 6.07) is 0. The summed E-state index contributed by atoms with van der Waals surface area (Å²) in [6.45, 7) is 23.6. The molecule has 0 spiro atoms. The Labute approximate surface area is 116 Å². The largest absolute Gasteiger partial charge is 0.0988 e. The second-order valence-corrected chi connectivity index (χ2v) is 6.52. The number of hydrogen-bond acceptors (Lipinski definition) is 0. The van der Waals surface area contributed by atoms with E-state index in [9.17, 15) is 0 Å². The van der Waals surface area contributed by atoms with Crippen LogP contribution in [0, 0.1) is 11.3 Å². The topological polar surface area (TPSA) is 0 Å². The maximum atomic E-state index is 3.91. The molecule has 0 aliphatic rings. The third-order valence-corrected chi connectivity index (χ3v) is 2.52. The second-order valence-electron chi connectivity index (χ2n) is 6.52. The molecule has 0 N–H and O–H groups in total. The Morgan fingerprint density at radius 2 is 1.50 bits per heavy atom. The van der Waals surface area contributed by atoms with Crippen LogP contribution in [0.4, 0.5) is 0 Å². The van der Waals surface area contributed by atoms with Gasteiger partial charge in [-0.05, 0) is 42.7 Å². The van der Waals surface area contributed by atoms with Crippen molar-refractivity contribution in [2.24, 2.45) is 11.3 Å². The van der Waals surface area contributed by atoms with Crippen LogP contribution in [0.1, 0.15) is 68.7 Å². The molecule has 0 unspecified atom stereocenters. The van der Waals surface area contributed by atoms with E-state index in [1.165, 1.54) is 16.7 Å². The molecule has 0 atom stereocenters. The van der Waals surface area contributed by atoms with Gasteiger partial charge < -0.3 is 0 Å². The molecule has 0 rings (SSSR count). The predicted octanol–water partition coefficient (Wildman–Crippen LogP) is 6.55. The van der Waals surface area contributed by atoms with Crippen molar-refractivity contribution in [3.05, 3.63) is 35.5 Å². The van der Waals surface area contributed by atoms with Crippen molar-refractivity contribution < 1.29 is 0 Å². The molecule has 18 heavy (non-hydrogen) atoms. The number of allylic oxidation sites excluding steroid dienone is 5. The SMILES string of the molecule is C=C/C(=C(C)\C(C)=C/CC)C(C)(C)C.CC(C)C. The summed E-state index contributed by atoms with van der Waals surface area (Å²) in [7, 11) is 0. The van der Waals surface area contributed by atoms with Crippen LogP contribution >= 0.6 is 0 Å². The fraction of sp³-hybridized carbons (Fsp3) is 0.667. The summed E-state index contributed by atoms with van der Waals surface area (Å²) in [5.41, 5.74) is 4.28. The van der Waals surface area contributed by atoms with E-state index in [0.29, 0.717) is 0 Å². The Bertz CT molecular complexity index is 290. The highest BCUT2D eigenvalue weighted by atomic mass is 14.2. The first-order chi connectivity index (χ1) is 8.07. The lowest BCUT2D eigenvalue weighted by Gasteiger charge is -2.23. The number of rotatable bonds is 3. The minimum atomic E-state index is 0.189. The van der Waals surface area contributed by atoms with Crippen LogP contribution in [0.3, 0.4) is 0 Å². The molecule has 0 radical (unpaired) electrons. The van der Waals surface area contributed by atoms with Crippen molar-refractivity contribution in [3.8, 4) is 0 Å². The van der Waals surface area contributed by atoms with Crippen LogP contribution in [0.25, 0.3) is 0 Å². The van der Waals surface area contributed by atoms with Gasteiger partial charge in [-0.2, -0.15) is 0 Å². The standard InChI is InChI=1S/C14H24.C4H10/c1-8-10-11(3)12(4)13(9-2)14(5,6)7;1-4(2)3/h9-10H,2,8H2,1,3-7H3;4H,1-3H3/b11-10-,13-12+;. The van der Waals surface area contributed by atoms with Crippen molar-refractivity contribution in [2.75, 3.05) is 0 Å². The average Bonchev–Trinajstić information content (AvgIpc) is 2.15. The Morgan fingerprint density at radius 3 is 1.72 bits per heavy atom. The molecular weight excluding hydrogens is 216 g/mol. The van der Waals surface area contributed by atoms with Gasteiger partial charge in [0, 0.05) is 0 Å². The van der Waals surface area contributed by atoms with Crippen LogP contribution in [-0.2, 0) is 0 Å². The van der Waals surface area contributed by atoms with Crippen LogP contribution in [0.5, 0.6) is 0 Å². The van der Waals surface area contributed by atoms with Gasteiger partial charge in [0.05, 0.1) is 0 Å². The monoisotopic (exact) mass is 250 g/mol. The smallest absolute Gasteiger partial charge is 0.0129 e. The van der Waals surface area contributed by atoms with Gasteiger partial charge in [-0.1, -0.05) is 72.8 Å². The summed E-state index contributed by atoms with van der Waals surface area (Å²) < 4.78 is 0. The second kappa shape index (κ2) is 9.19. The Morgan fingerprint density at radius 1 is 1.11 bits per heavy atom. The molecule has 0 amide bonds. The summed E-state index contributed by atoms with van der Waals surface area (Å²) >= 11 is 0. The first-order valence-electron chi connectivity index (χ1n) is 7.08. The van der Waals surface area contributed by atoms with Gasteiger partial charge in [0.1, 0.15) is 0 Å². The Hall–Kier alpha value is -0.780. The molecule has 0 saturated carbocycles. The first-order valence-corrected chi connectivity index (χ1v) is 7.08. The zero-order valence-corrected chi connectivity index (χ0v) is 14.1. The predicted molar refractivity (Wildman–Crippen MR) is 86.9 cm³/mol.